The highest BCUT2D eigenvalue weighted by molar-refractivity contribution is 7.09. The molecule has 0 amide bonds. The maximum Gasteiger partial charge on any atom is 0.202 e. The number of halogens is 2. The number of nitrogens with one attached hydrogen (secondary N) is 1. The molecule has 1 heterocycles. The fourth-order valence-corrected chi connectivity index (χ4v) is 2.27. The van der Waals surface area contributed by atoms with Crippen molar-refractivity contribution < 1.29 is 4.39 Å². The van der Waals surface area contributed by atoms with E-state index >= 15 is 0 Å². The molecule has 1 aromatic carbocycles. The predicted octanol–water partition coefficient (Wildman–Crippen LogP) is 4.07. The van der Waals surface area contributed by atoms with E-state index in [-0.39, 0.29) is 5.02 Å². The Balaban J connectivity index is 2.00. The quantitative estimate of drug-likeness (QED) is 0.920. The van der Waals surface area contributed by atoms with E-state index in [0.29, 0.717) is 12.5 Å². The van der Waals surface area contributed by atoms with Gasteiger partial charge in [-0.2, -0.15) is 4.37 Å². The molecule has 2 aromatic rings. The number of rotatable bonds is 4. The van der Waals surface area contributed by atoms with Gasteiger partial charge in [-0.1, -0.05) is 31.5 Å². The van der Waals surface area contributed by atoms with Crippen LogP contribution in [-0.4, -0.2) is 9.36 Å². The Bertz CT molecular complexity index is 542. The highest BCUT2D eigenvalue weighted by Gasteiger charge is 2.07. The van der Waals surface area contributed by atoms with Crippen LogP contribution < -0.4 is 5.32 Å². The van der Waals surface area contributed by atoms with Gasteiger partial charge in [-0.05, 0) is 17.7 Å². The van der Waals surface area contributed by atoms with Crippen LogP contribution in [0.25, 0.3) is 0 Å². The first kappa shape index (κ1) is 13.2. The third kappa shape index (κ3) is 3.17. The van der Waals surface area contributed by atoms with Gasteiger partial charge in [0, 0.05) is 24.0 Å². The SMILES string of the molecule is CC(C)c1nsc(NCc2ccc(F)c(Cl)c2)n1. The molecule has 0 radical (unpaired) electrons. The molecular weight excluding hydrogens is 273 g/mol. The van der Waals surface area contributed by atoms with E-state index in [9.17, 15) is 4.39 Å². The van der Waals surface area contributed by atoms with Gasteiger partial charge in [-0.3, -0.25) is 0 Å². The van der Waals surface area contributed by atoms with Crippen molar-refractivity contribution in [3.63, 3.8) is 0 Å². The molecule has 1 aromatic heterocycles. The molecule has 96 valence electrons. The molecule has 3 nitrogen and oxygen atoms in total. The number of nitrogens with zero attached hydrogens (tertiary/aromatic N) is 2. The summed E-state index contributed by atoms with van der Waals surface area (Å²) >= 11 is 7.04. The van der Waals surface area contributed by atoms with Crippen molar-refractivity contribution >= 4 is 28.3 Å². The van der Waals surface area contributed by atoms with Crippen LogP contribution in [-0.2, 0) is 6.54 Å². The van der Waals surface area contributed by atoms with E-state index in [1.54, 1.807) is 12.1 Å². The van der Waals surface area contributed by atoms with Crippen molar-refractivity contribution in [2.45, 2.75) is 26.3 Å². The number of hydrogen-bond acceptors (Lipinski definition) is 4. The van der Waals surface area contributed by atoms with Crippen LogP contribution in [0.5, 0.6) is 0 Å². The number of aromatic nitrogens is 2. The van der Waals surface area contributed by atoms with Gasteiger partial charge in [-0.15, -0.1) is 0 Å². The van der Waals surface area contributed by atoms with Crippen molar-refractivity contribution in [3.05, 3.63) is 40.4 Å². The highest BCUT2D eigenvalue weighted by Crippen LogP contribution is 2.20. The standard InChI is InChI=1S/C12H13ClFN3S/c1-7(2)11-16-12(18-17-11)15-6-8-3-4-10(14)9(13)5-8/h3-5,7H,6H2,1-2H3,(H,15,16,17). The predicted molar refractivity (Wildman–Crippen MR) is 72.7 cm³/mol. The Kier molecular flexibility index (Phi) is 4.14. The molecular formula is C12H13ClFN3S. The summed E-state index contributed by atoms with van der Waals surface area (Å²) in [6.07, 6.45) is 0. The number of benzene rings is 1. The maximum absolute atomic E-state index is 13.0. The molecule has 0 atom stereocenters. The molecule has 6 heteroatoms. The van der Waals surface area contributed by atoms with Gasteiger partial charge in [0.2, 0.25) is 5.13 Å². The van der Waals surface area contributed by atoms with Crippen molar-refractivity contribution in [1.82, 2.24) is 9.36 Å². The summed E-state index contributed by atoms with van der Waals surface area (Å²) in [5, 5.41) is 4.04. The van der Waals surface area contributed by atoms with Crippen LogP contribution in [0.15, 0.2) is 18.2 Å². The minimum Gasteiger partial charge on any atom is -0.356 e. The molecule has 0 aliphatic heterocycles. The van der Waals surface area contributed by atoms with E-state index in [1.165, 1.54) is 17.6 Å². The lowest BCUT2D eigenvalue weighted by Gasteiger charge is -2.03. The van der Waals surface area contributed by atoms with Gasteiger partial charge in [0.1, 0.15) is 11.6 Å². The van der Waals surface area contributed by atoms with E-state index < -0.39 is 5.82 Å². The van der Waals surface area contributed by atoms with Crippen LogP contribution in [0.1, 0.15) is 31.2 Å². The van der Waals surface area contributed by atoms with E-state index in [4.69, 9.17) is 11.6 Å². The summed E-state index contributed by atoms with van der Waals surface area (Å²) in [6.45, 7) is 4.64. The molecule has 0 spiro atoms. The van der Waals surface area contributed by atoms with Gasteiger partial charge in [0.05, 0.1) is 5.02 Å². The lowest BCUT2D eigenvalue weighted by atomic mass is 10.2. The second-order valence-electron chi connectivity index (χ2n) is 4.21. The third-order valence-electron chi connectivity index (χ3n) is 2.39. The van der Waals surface area contributed by atoms with Gasteiger partial charge >= 0.3 is 0 Å². The average Bonchev–Trinajstić information content (AvgIpc) is 2.79. The fraction of sp³-hybridized carbons (Fsp3) is 0.333. The van der Waals surface area contributed by atoms with Crippen molar-refractivity contribution in [2.24, 2.45) is 0 Å². The molecule has 0 saturated heterocycles. The largest absolute Gasteiger partial charge is 0.356 e. The van der Waals surface area contributed by atoms with Crippen LogP contribution >= 0.6 is 23.1 Å². The van der Waals surface area contributed by atoms with Gasteiger partial charge in [0.15, 0.2) is 0 Å². The first-order chi connectivity index (χ1) is 8.56. The summed E-state index contributed by atoms with van der Waals surface area (Å²) in [7, 11) is 0. The number of hydrogen-bond donors (Lipinski definition) is 1. The molecule has 18 heavy (non-hydrogen) atoms. The van der Waals surface area contributed by atoms with Crippen LogP contribution in [0.2, 0.25) is 5.02 Å². The topological polar surface area (TPSA) is 37.8 Å². The maximum atomic E-state index is 13.0. The highest BCUT2D eigenvalue weighted by atomic mass is 35.5. The summed E-state index contributed by atoms with van der Waals surface area (Å²) in [5.74, 6) is 0.745. The molecule has 0 aliphatic carbocycles. The monoisotopic (exact) mass is 285 g/mol. The zero-order valence-electron chi connectivity index (χ0n) is 10.1. The molecule has 0 bridgehead atoms. The van der Waals surface area contributed by atoms with Crippen molar-refractivity contribution in [2.75, 3.05) is 5.32 Å². The summed E-state index contributed by atoms with van der Waals surface area (Å²) in [5.41, 5.74) is 0.905. The van der Waals surface area contributed by atoms with Gasteiger partial charge < -0.3 is 5.32 Å². The Labute approximate surface area is 114 Å². The molecule has 0 aliphatic rings. The zero-order chi connectivity index (χ0) is 13.1. The summed E-state index contributed by atoms with van der Waals surface area (Å²) < 4.78 is 17.2. The van der Waals surface area contributed by atoms with Crippen LogP contribution in [0.4, 0.5) is 9.52 Å². The Morgan fingerprint density at radius 3 is 2.83 bits per heavy atom. The van der Waals surface area contributed by atoms with Crippen molar-refractivity contribution in [3.8, 4) is 0 Å². The first-order valence-electron chi connectivity index (χ1n) is 5.57. The van der Waals surface area contributed by atoms with Gasteiger partial charge in [-0.25, -0.2) is 9.37 Å². The van der Waals surface area contributed by atoms with E-state index in [0.717, 1.165) is 16.5 Å². The Morgan fingerprint density at radius 1 is 1.44 bits per heavy atom. The Hall–Kier alpha value is -1.20. The van der Waals surface area contributed by atoms with E-state index in [1.807, 2.05) is 13.8 Å². The molecule has 0 unspecified atom stereocenters. The lowest BCUT2D eigenvalue weighted by molar-refractivity contribution is 0.627. The molecule has 2 rings (SSSR count). The smallest absolute Gasteiger partial charge is 0.202 e. The van der Waals surface area contributed by atoms with Crippen molar-refractivity contribution in [1.29, 1.82) is 0 Å². The second kappa shape index (κ2) is 5.63. The average molecular weight is 286 g/mol. The first-order valence-corrected chi connectivity index (χ1v) is 6.73. The summed E-state index contributed by atoms with van der Waals surface area (Å²) in [6, 6.07) is 4.66. The summed E-state index contributed by atoms with van der Waals surface area (Å²) in [4.78, 5) is 4.35. The second-order valence-corrected chi connectivity index (χ2v) is 5.37. The molecule has 0 fully saturated rings. The van der Waals surface area contributed by atoms with E-state index in [2.05, 4.69) is 14.7 Å². The normalized spacial score (nSPS) is 10.9. The fourth-order valence-electron chi connectivity index (χ4n) is 1.37. The van der Waals surface area contributed by atoms with Gasteiger partial charge in [0.25, 0.3) is 0 Å². The number of anilines is 1. The van der Waals surface area contributed by atoms with Crippen LogP contribution in [0, 0.1) is 5.82 Å². The Morgan fingerprint density at radius 2 is 2.22 bits per heavy atom. The molecule has 1 N–H and O–H groups in total. The molecule has 0 saturated carbocycles. The lowest BCUT2D eigenvalue weighted by Crippen LogP contribution is -2.00. The minimum absolute atomic E-state index is 0.134. The van der Waals surface area contributed by atoms with Crippen LogP contribution in [0.3, 0.4) is 0 Å². The third-order valence-corrected chi connectivity index (χ3v) is 3.36. The minimum atomic E-state index is -0.404. The zero-order valence-corrected chi connectivity index (χ0v) is 11.6.